The first kappa shape index (κ1) is 23.8. The Labute approximate surface area is 182 Å². The topological polar surface area (TPSA) is 42.0 Å². The summed E-state index contributed by atoms with van der Waals surface area (Å²) in [5.41, 5.74) is 0.144. The van der Waals surface area contributed by atoms with Crippen LogP contribution in [0.4, 0.5) is 22.0 Å². The van der Waals surface area contributed by atoms with E-state index in [-0.39, 0.29) is 29.6 Å². The average Bonchev–Trinajstić information content (AvgIpc) is 2.74. The molecule has 1 fully saturated rings. The largest absolute Gasteiger partial charge is 0.490 e. The van der Waals surface area contributed by atoms with Gasteiger partial charge in [0.05, 0.1) is 12.2 Å². The predicted molar refractivity (Wildman–Crippen MR) is 107 cm³/mol. The lowest BCUT2D eigenvalue weighted by molar-refractivity contribution is -0.137. The van der Waals surface area contributed by atoms with Gasteiger partial charge in [0, 0.05) is 38.3 Å². The third-order valence-corrected chi connectivity index (χ3v) is 5.03. The van der Waals surface area contributed by atoms with Crippen molar-refractivity contribution >= 4 is 5.91 Å². The molecular formula is C22H23F5N2O3. The summed E-state index contributed by atoms with van der Waals surface area (Å²) < 4.78 is 73.5. The Morgan fingerprint density at radius 1 is 1.03 bits per heavy atom. The third kappa shape index (κ3) is 6.09. The Morgan fingerprint density at radius 2 is 1.75 bits per heavy atom. The van der Waals surface area contributed by atoms with Gasteiger partial charge in [-0.1, -0.05) is 18.2 Å². The lowest BCUT2D eigenvalue weighted by atomic mass is 10.1. The van der Waals surface area contributed by atoms with Crippen molar-refractivity contribution in [2.45, 2.75) is 26.3 Å². The maximum absolute atomic E-state index is 12.9. The number of alkyl halides is 5. The van der Waals surface area contributed by atoms with Gasteiger partial charge in [-0.3, -0.25) is 9.69 Å². The summed E-state index contributed by atoms with van der Waals surface area (Å²) in [5, 5.41) is 0. The van der Waals surface area contributed by atoms with Crippen molar-refractivity contribution in [3.8, 4) is 11.5 Å². The molecule has 1 saturated heterocycles. The Balaban J connectivity index is 1.61. The Hall–Kier alpha value is -2.88. The number of ether oxygens (including phenoxy) is 2. The number of benzene rings is 2. The summed E-state index contributed by atoms with van der Waals surface area (Å²) in [5.74, 6) is -0.376. The van der Waals surface area contributed by atoms with Gasteiger partial charge in [-0.05, 0) is 36.8 Å². The van der Waals surface area contributed by atoms with E-state index < -0.39 is 18.4 Å². The number of carbonyl (C=O) groups excluding carboxylic acids is 1. The van der Waals surface area contributed by atoms with Crippen LogP contribution in [0.3, 0.4) is 0 Å². The van der Waals surface area contributed by atoms with Crippen molar-refractivity contribution < 1.29 is 36.2 Å². The molecule has 0 aromatic heterocycles. The molecule has 174 valence electrons. The maximum atomic E-state index is 12.9. The molecule has 0 saturated carbocycles. The van der Waals surface area contributed by atoms with E-state index in [1.165, 1.54) is 24.3 Å². The molecule has 0 bridgehead atoms. The predicted octanol–water partition coefficient (Wildman–Crippen LogP) is 4.66. The van der Waals surface area contributed by atoms with Gasteiger partial charge in [0.25, 0.3) is 5.91 Å². The summed E-state index contributed by atoms with van der Waals surface area (Å²) in [6.07, 6.45) is -4.39. The zero-order chi connectivity index (χ0) is 23.3. The highest BCUT2D eigenvalue weighted by Crippen LogP contribution is 2.31. The molecule has 0 radical (unpaired) electrons. The van der Waals surface area contributed by atoms with Crippen LogP contribution in [0.5, 0.6) is 11.5 Å². The molecule has 0 unspecified atom stereocenters. The second-order valence-electron chi connectivity index (χ2n) is 7.24. The highest BCUT2D eigenvalue weighted by Gasteiger charge is 2.30. The van der Waals surface area contributed by atoms with E-state index >= 15 is 0 Å². The van der Waals surface area contributed by atoms with Crippen LogP contribution in [-0.2, 0) is 12.7 Å². The van der Waals surface area contributed by atoms with E-state index in [1.807, 2.05) is 4.90 Å². The van der Waals surface area contributed by atoms with Gasteiger partial charge >= 0.3 is 12.8 Å². The van der Waals surface area contributed by atoms with Crippen molar-refractivity contribution in [1.29, 1.82) is 0 Å². The minimum atomic E-state index is -4.39. The molecule has 0 N–H and O–H groups in total. The SMILES string of the molecule is CCOc1cc(C(=O)N2CCN(Cc3cccc(C(F)(F)F)c3)CC2)ccc1OC(F)F. The molecule has 2 aromatic rings. The molecule has 3 rings (SSSR count). The zero-order valence-electron chi connectivity index (χ0n) is 17.4. The maximum Gasteiger partial charge on any atom is 0.416 e. The fraction of sp³-hybridized carbons (Fsp3) is 0.409. The van der Waals surface area contributed by atoms with Gasteiger partial charge in [0.15, 0.2) is 11.5 Å². The first-order chi connectivity index (χ1) is 15.2. The monoisotopic (exact) mass is 458 g/mol. The molecular weight excluding hydrogens is 435 g/mol. The summed E-state index contributed by atoms with van der Waals surface area (Å²) in [4.78, 5) is 16.4. The third-order valence-electron chi connectivity index (χ3n) is 5.03. The molecule has 5 nitrogen and oxygen atoms in total. The molecule has 1 aliphatic heterocycles. The number of carbonyl (C=O) groups is 1. The van der Waals surface area contributed by atoms with Crippen molar-refractivity contribution in [3.63, 3.8) is 0 Å². The molecule has 1 amide bonds. The number of halogens is 5. The van der Waals surface area contributed by atoms with E-state index in [0.717, 1.165) is 12.1 Å². The van der Waals surface area contributed by atoms with Gasteiger partial charge in [0.1, 0.15) is 0 Å². The molecule has 1 aliphatic rings. The fourth-order valence-corrected chi connectivity index (χ4v) is 3.50. The van der Waals surface area contributed by atoms with E-state index in [2.05, 4.69) is 4.74 Å². The van der Waals surface area contributed by atoms with Crippen molar-refractivity contribution in [2.24, 2.45) is 0 Å². The second-order valence-corrected chi connectivity index (χ2v) is 7.24. The number of hydrogen-bond donors (Lipinski definition) is 0. The van der Waals surface area contributed by atoms with Gasteiger partial charge in [-0.2, -0.15) is 22.0 Å². The number of piperazine rings is 1. The van der Waals surface area contributed by atoms with Gasteiger partial charge in [-0.15, -0.1) is 0 Å². The van der Waals surface area contributed by atoms with Crippen LogP contribution in [0.15, 0.2) is 42.5 Å². The van der Waals surface area contributed by atoms with Crippen LogP contribution in [0, 0.1) is 0 Å². The quantitative estimate of drug-likeness (QED) is 0.566. The summed E-state index contributed by atoms with van der Waals surface area (Å²) in [7, 11) is 0. The molecule has 1 heterocycles. The lowest BCUT2D eigenvalue weighted by Crippen LogP contribution is -2.48. The minimum Gasteiger partial charge on any atom is -0.490 e. The summed E-state index contributed by atoms with van der Waals surface area (Å²) >= 11 is 0. The molecule has 0 atom stereocenters. The molecule has 2 aromatic carbocycles. The van der Waals surface area contributed by atoms with Crippen LogP contribution in [0.1, 0.15) is 28.4 Å². The van der Waals surface area contributed by atoms with Crippen molar-refractivity contribution in [2.75, 3.05) is 32.8 Å². The van der Waals surface area contributed by atoms with Gasteiger partial charge < -0.3 is 14.4 Å². The lowest BCUT2D eigenvalue weighted by Gasteiger charge is -2.35. The first-order valence-corrected chi connectivity index (χ1v) is 10.1. The highest BCUT2D eigenvalue weighted by molar-refractivity contribution is 5.95. The van der Waals surface area contributed by atoms with Crippen LogP contribution >= 0.6 is 0 Å². The van der Waals surface area contributed by atoms with E-state index in [9.17, 15) is 26.7 Å². The number of hydrogen-bond acceptors (Lipinski definition) is 4. The molecule has 32 heavy (non-hydrogen) atoms. The summed E-state index contributed by atoms with van der Waals surface area (Å²) in [6.45, 7) is 0.990. The number of amides is 1. The smallest absolute Gasteiger partial charge is 0.416 e. The van der Waals surface area contributed by atoms with Crippen LogP contribution in [0.2, 0.25) is 0 Å². The number of rotatable bonds is 7. The van der Waals surface area contributed by atoms with E-state index in [0.29, 0.717) is 38.3 Å². The second kappa shape index (κ2) is 10.2. The van der Waals surface area contributed by atoms with E-state index in [4.69, 9.17) is 4.74 Å². The normalized spacial score (nSPS) is 15.2. The first-order valence-electron chi connectivity index (χ1n) is 10.1. The standard InChI is InChI=1S/C22H23F5N2O3/c1-2-31-19-13-16(6-7-18(19)32-21(23)24)20(30)29-10-8-28(9-11-29)14-15-4-3-5-17(12-15)22(25,26)27/h3-7,12-13,21H,2,8-11,14H2,1H3. The molecule has 0 spiro atoms. The van der Waals surface area contributed by atoms with Crippen molar-refractivity contribution in [3.05, 3.63) is 59.2 Å². The Morgan fingerprint density at radius 3 is 2.38 bits per heavy atom. The van der Waals surface area contributed by atoms with Gasteiger partial charge in [-0.25, -0.2) is 0 Å². The molecule has 0 aliphatic carbocycles. The van der Waals surface area contributed by atoms with Crippen LogP contribution < -0.4 is 9.47 Å². The Kier molecular flexibility index (Phi) is 7.55. The van der Waals surface area contributed by atoms with E-state index in [1.54, 1.807) is 17.9 Å². The number of nitrogens with zero attached hydrogens (tertiary/aromatic N) is 2. The summed E-state index contributed by atoms with van der Waals surface area (Å²) in [6, 6.07) is 9.24. The molecule has 10 heteroatoms. The Bertz CT molecular complexity index is 928. The van der Waals surface area contributed by atoms with Crippen LogP contribution in [-0.4, -0.2) is 55.1 Å². The average molecular weight is 458 g/mol. The zero-order valence-corrected chi connectivity index (χ0v) is 17.4. The van der Waals surface area contributed by atoms with Crippen LogP contribution in [0.25, 0.3) is 0 Å². The van der Waals surface area contributed by atoms with Gasteiger partial charge in [0.2, 0.25) is 0 Å². The highest BCUT2D eigenvalue weighted by atomic mass is 19.4. The minimum absolute atomic E-state index is 0.0573. The fourth-order valence-electron chi connectivity index (χ4n) is 3.50. The van der Waals surface area contributed by atoms with Crippen molar-refractivity contribution in [1.82, 2.24) is 9.80 Å².